The van der Waals surface area contributed by atoms with Gasteiger partial charge in [0.05, 0.1) is 26.4 Å². The molecule has 0 saturated carbocycles. The molecule has 3 unspecified atom stereocenters. The molecule has 0 aromatic rings. The summed E-state index contributed by atoms with van der Waals surface area (Å²) in [6.07, 6.45) is 48.8. The first-order valence-corrected chi connectivity index (χ1v) is 40.0. The zero-order valence-corrected chi connectivity index (χ0v) is 60.2. The molecule has 534 valence electrons. The fraction of sp³-hybridized carbons (Fsp3) is 0.944. The molecule has 0 aliphatic rings. The number of rotatable bonds is 70. The smallest absolute Gasteiger partial charge is 0.462 e. The summed E-state index contributed by atoms with van der Waals surface area (Å²) >= 11 is 0. The van der Waals surface area contributed by atoms with E-state index in [2.05, 4.69) is 41.5 Å². The van der Waals surface area contributed by atoms with Crippen molar-refractivity contribution in [3.63, 3.8) is 0 Å². The molecule has 19 heteroatoms. The Hall–Kier alpha value is -1.94. The molecule has 0 aromatic carbocycles. The van der Waals surface area contributed by atoms with Crippen molar-refractivity contribution in [2.45, 2.75) is 381 Å². The molecule has 0 aliphatic carbocycles. The van der Waals surface area contributed by atoms with E-state index in [9.17, 15) is 43.2 Å². The lowest BCUT2D eigenvalue weighted by Gasteiger charge is -2.21. The third kappa shape index (κ3) is 63.5. The first-order valence-electron chi connectivity index (χ1n) is 37.0. The van der Waals surface area contributed by atoms with Gasteiger partial charge in [-0.3, -0.25) is 37.3 Å². The Morgan fingerprint density at radius 1 is 0.322 bits per heavy atom. The fourth-order valence-electron chi connectivity index (χ4n) is 10.7. The van der Waals surface area contributed by atoms with E-state index in [4.69, 9.17) is 37.0 Å². The van der Waals surface area contributed by atoms with Crippen LogP contribution in [-0.2, 0) is 65.4 Å². The summed E-state index contributed by atoms with van der Waals surface area (Å²) in [5.41, 5.74) is 0. The third-order valence-electron chi connectivity index (χ3n) is 16.8. The van der Waals surface area contributed by atoms with E-state index in [1.54, 1.807) is 0 Å². The monoisotopic (exact) mass is 1320 g/mol. The molecule has 0 heterocycles. The van der Waals surface area contributed by atoms with Gasteiger partial charge in [-0.25, -0.2) is 9.13 Å². The zero-order valence-electron chi connectivity index (χ0n) is 58.4. The van der Waals surface area contributed by atoms with Crippen LogP contribution >= 0.6 is 15.6 Å². The third-order valence-corrected chi connectivity index (χ3v) is 18.7. The predicted molar refractivity (Wildman–Crippen MR) is 363 cm³/mol. The lowest BCUT2D eigenvalue weighted by Crippen LogP contribution is -2.30. The van der Waals surface area contributed by atoms with Gasteiger partial charge in [0.15, 0.2) is 12.2 Å². The molecule has 0 aliphatic heterocycles. The average Bonchev–Trinajstić information content (AvgIpc) is 3.04. The lowest BCUT2D eigenvalue weighted by molar-refractivity contribution is -0.161. The van der Waals surface area contributed by atoms with Crippen LogP contribution in [0.5, 0.6) is 0 Å². The molecular formula is C71H138O17P2. The number of phosphoric ester groups is 2. The second-order valence-corrected chi connectivity index (χ2v) is 29.3. The van der Waals surface area contributed by atoms with Crippen LogP contribution in [0.4, 0.5) is 0 Å². The number of carbonyl (C=O) groups excluding carboxylic acids is 4. The van der Waals surface area contributed by atoms with Gasteiger partial charge in [-0.15, -0.1) is 0 Å². The highest BCUT2D eigenvalue weighted by atomic mass is 31.2. The largest absolute Gasteiger partial charge is 0.472 e. The molecule has 17 nitrogen and oxygen atoms in total. The van der Waals surface area contributed by atoms with Crippen LogP contribution in [0.3, 0.4) is 0 Å². The van der Waals surface area contributed by atoms with Crippen molar-refractivity contribution >= 4 is 39.5 Å². The SMILES string of the molecule is CCCCCCCCCCCCCCCCC(=O)OC[C@H](COP(=O)(O)OC[C@@H](O)COP(=O)(O)OC[C@@H](COC(=O)CCCCCCCCC)OC(=O)CCCCCCCCC(C)CC)OC(=O)CCCCCCCCCCCCCCCCCCC(C)C. The van der Waals surface area contributed by atoms with Crippen LogP contribution in [0, 0.1) is 11.8 Å². The minimum Gasteiger partial charge on any atom is -0.462 e. The first-order chi connectivity index (χ1) is 43.4. The number of carbonyl (C=O) groups is 4. The van der Waals surface area contributed by atoms with E-state index in [1.165, 1.54) is 167 Å². The Morgan fingerprint density at radius 2 is 0.567 bits per heavy atom. The van der Waals surface area contributed by atoms with E-state index in [0.717, 1.165) is 115 Å². The first kappa shape index (κ1) is 88.1. The predicted octanol–water partition coefficient (Wildman–Crippen LogP) is 20.4. The van der Waals surface area contributed by atoms with Crippen molar-refractivity contribution in [1.82, 2.24) is 0 Å². The Balaban J connectivity index is 5.18. The maximum absolute atomic E-state index is 13.0. The van der Waals surface area contributed by atoms with E-state index >= 15 is 0 Å². The molecule has 0 radical (unpaired) electrons. The highest BCUT2D eigenvalue weighted by Crippen LogP contribution is 2.45. The summed E-state index contributed by atoms with van der Waals surface area (Å²) in [7, 11) is -9.90. The van der Waals surface area contributed by atoms with E-state index in [1.807, 2.05) is 0 Å². The van der Waals surface area contributed by atoms with Crippen LogP contribution in [-0.4, -0.2) is 96.7 Å². The van der Waals surface area contributed by atoms with Crippen molar-refractivity contribution < 1.29 is 80.2 Å². The molecule has 0 aromatic heterocycles. The zero-order chi connectivity index (χ0) is 66.5. The molecule has 0 rings (SSSR count). The number of unbranched alkanes of at least 4 members (excludes halogenated alkanes) is 39. The second kappa shape index (κ2) is 63.1. The molecule has 90 heavy (non-hydrogen) atoms. The summed E-state index contributed by atoms with van der Waals surface area (Å²) in [4.78, 5) is 72.4. The van der Waals surface area contributed by atoms with Gasteiger partial charge < -0.3 is 33.8 Å². The summed E-state index contributed by atoms with van der Waals surface area (Å²) in [5, 5.41) is 10.6. The van der Waals surface area contributed by atoms with E-state index in [-0.39, 0.29) is 25.7 Å². The number of esters is 4. The number of ether oxygens (including phenoxy) is 4. The van der Waals surface area contributed by atoms with Crippen LogP contribution in [0.15, 0.2) is 0 Å². The fourth-order valence-corrected chi connectivity index (χ4v) is 12.3. The number of aliphatic hydroxyl groups excluding tert-OH is 1. The minimum absolute atomic E-state index is 0.103. The quantitative estimate of drug-likeness (QED) is 0.0222. The summed E-state index contributed by atoms with van der Waals surface area (Å²) in [6.45, 7) is 9.50. The summed E-state index contributed by atoms with van der Waals surface area (Å²) in [5.74, 6) is -0.599. The molecule has 0 amide bonds. The highest BCUT2D eigenvalue weighted by molar-refractivity contribution is 7.47. The van der Waals surface area contributed by atoms with Crippen molar-refractivity contribution in [3.05, 3.63) is 0 Å². The molecule has 0 bridgehead atoms. The van der Waals surface area contributed by atoms with Crippen LogP contribution in [0.2, 0.25) is 0 Å². The molecule has 0 spiro atoms. The number of aliphatic hydroxyl groups is 1. The van der Waals surface area contributed by atoms with E-state index in [0.29, 0.717) is 25.7 Å². The molecule has 6 atom stereocenters. The second-order valence-electron chi connectivity index (χ2n) is 26.3. The van der Waals surface area contributed by atoms with Gasteiger partial charge in [-0.05, 0) is 37.5 Å². The van der Waals surface area contributed by atoms with Gasteiger partial charge in [0.1, 0.15) is 19.3 Å². The normalized spacial score (nSPS) is 14.4. The lowest BCUT2D eigenvalue weighted by atomic mass is 10.00. The Morgan fingerprint density at radius 3 is 0.844 bits per heavy atom. The van der Waals surface area contributed by atoms with Crippen molar-refractivity contribution in [2.24, 2.45) is 11.8 Å². The number of phosphoric acid groups is 2. The van der Waals surface area contributed by atoms with Gasteiger partial charge in [-0.2, -0.15) is 0 Å². The van der Waals surface area contributed by atoms with Crippen LogP contribution in [0.1, 0.15) is 363 Å². The average molecular weight is 1330 g/mol. The number of hydrogen-bond acceptors (Lipinski definition) is 15. The molecule has 3 N–H and O–H groups in total. The number of hydrogen-bond donors (Lipinski definition) is 3. The minimum atomic E-state index is -4.95. The van der Waals surface area contributed by atoms with Gasteiger partial charge in [0.2, 0.25) is 0 Å². The van der Waals surface area contributed by atoms with E-state index < -0.39 is 97.5 Å². The standard InChI is InChI=1S/C71H138O17P2/c1-7-10-12-14-16-17-18-19-25-28-31-35-42-48-54-69(74)82-60-66(87-70(75)55-49-43-36-32-29-26-23-21-20-22-24-27-30-34-39-45-51-63(4)5)61-85-89(77,78)83-57-65(72)58-84-90(79,80)86-62-67(59-81-68(73)53-47-41-33-15-13-11-8-2)88-71(76)56-50-44-38-37-40-46-52-64(6)9-3/h63-67,72H,7-62H2,1-6H3,(H,77,78)(H,79,80)/t64?,65-,66-,67-/m1/s1. The Kier molecular flexibility index (Phi) is 61.8. The van der Waals surface area contributed by atoms with Gasteiger partial charge in [-0.1, -0.05) is 311 Å². The van der Waals surface area contributed by atoms with Gasteiger partial charge >= 0.3 is 39.5 Å². The Labute approximate surface area is 549 Å². The Bertz CT molecular complexity index is 1750. The topological polar surface area (TPSA) is 237 Å². The van der Waals surface area contributed by atoms with Crippen LogP contribution in [0.25, 0.3) is 0 Å². The van der Waals surface area contributed by atoms with Gasteiger partial charge in [0.25, 0.3) is 0 Å². The molecule has 0 saturated heterocycles. The van der Waals surface area contributed by atoms with Crippen molar-refractivity contribution in [3.8, 4) is 0 Å². The maximum Gasteiger partial charge on any atom is 0.472 e. The molecule has 0 fully saturated rings. The molecular weight excluding hydrogens is 1190 g/mol. The van der Waals surface area contributed by atoms with Gasteiger partial charge in [0, 0.05) is 25.7 Å². The summed E-state index contributed by atoms with van der Waals surface area (Å²) < 4.78 is 68.2. The summed E-state index contributed by atoms with van der Waals surface area (Å²) in [6, 6.07) is 0. The van der Waals surface area contributed by atoms with Crippen LogP contribution < -0.4 is 0 Å². The van der Waals surface area contributed by atoms with Crippen molar-refractivity contribution in [2.75, 3.05) is 39.6 Å². The van der Waals surface area contributed by atoms with Crippen molar-refractivity contribution in [1.29, 1.82) is 0 Å². The highest BCUT2D eigenvalue weighted by Gasteiger charge is 2.30. The maximum atomic E-state index is 13.0.